The maximum absolute atomic E-state index is 12.5. The van der Waals surface area contributed by atoms with Gasteiger partial charge in [0, 0.05) is 16.2 Å². The molecular weight excluding hydrogens is 332 g/mol. The van der Waals surface area contributed by atoms with Gasteiger partial charge in [0.15, 0.2) is 0 Å². The minimum Gasteiger partial charge on any atom is -0.373 e. The summed E-state index contributed by atoms with van der Waals surface area (Å²) in [6, 6.07) is 5.36. The molecule has 114 valence electrons. The molecule has 4 nitrogen and oxygen atoms in total. The van der Waals surface area contributed by atoms with Gasteiger partial charge in [-0.2, -0.15) is 0 Å². The Labute approximate surface area is 134 Å². The van der Waals surface area contributed by atoms with E-state index in [-0.39, 0.29) is 24.3 Å². The molecule has 1 saturated heterocycles. The molecule has 2 amide bonds. The van der Waals surface area contributed by atoms with Crippen LogP contribution >= 0.6 is 15.9 Å². The SMILES string of the molecule is CCC(CC)N1C(=O)CC(Nc2cccc(Br)c2C)C1=O. The third-order valence-corrected chi connectivity index (χ3v) is 4.95. The number of imide groups is 1. The first-order valence-corrected chi connectivity index (χ1v) is 8.16. The van der Waals surface area contributed by atoms with Crippen LogP contribution in [0.3, 0.4) is 0 Å². The average molecular weight is 353 g/mol. The van der Waals surface area contributed by atoms with Crippen LogP contribution in [-0.2, 0) is 9.59 Å². The average Bonchev–Trinajstić information content (AvgIpc) is 2.73. The van der Waals surface area contributed by atoms with Crippen molar-refractivity contribution in [1.82, 2.24) is 4.90 Å². The highest BCUT2D eigenvalue weighted by molar-refractivity contribution is 9.10. The monoisotopic (exact) mass is 352 g/mol. The van der Waals surface area contributed by atoms with E-state index in [2.05, 4.69) is 21.2 Å². The second-order valence-electron chi connectivity index (χ2n) is 5.39. The number of likely N-dealkylation sites (tertiary alicyclic amines) is 1. The van der Waals surface area contributed by atoms with Gasteiger partial charge in [-0.15, -0.1) is 0 Å². The number of nitrogens with zero attached hydrogens (tertiary/aromatic N) is 1. The van der Waals surface area contributed by atoms with E-state index in [0.717, 1.165) is 28.6 Å². The highest BCUT2D eigenvalue weighted by atomic mass is 79.9. The maximum Gasteiger partial charge on any atom is 0.252 e. The Morgan fingerprint density at radius 2 is 2.00 bits per heavy atom. The third kappa shape index (κ3) is 3.12. The number of carbonyl (C=O) groups excluding carboxylic acids is 2. The first kappa shape index (κ1) is 16.0. The molecule has 0 aliphatic carbocycles. The number of halogens is 1. The highest BCUT2D eigenvalue weighted by Crippen LogP contribution is 2.27. The Morgan fingerprint density at radius 1 is 1.33 bits per heavy atom. The van der Waals surface area contributed by atoms with Crippen LogP contribution in [-0.4, -0.2) is 28.8 Å². The van der Waals surface area contributed by atoms with Crippen LogP contribution in [0, 0.1) is 6.92 Å². The van der Waals surface area contributed by atoms with Crippen LogP contribution in [0.4, 0.5) is 5.69 Å². The van der Waals surface area contributed by atoms with E-state index in [4.69, 9.17) is 0 Å². The van der Waals surface area contributed by atoms with E-state index in [1.165, 1.54) is 4.90 Å². The molecule has 21 heavy (non-hydrogen) atoms. The van der Waals surface area contributed by atoms with Gasteiger partial charge in [-0.3, -0.25) is 14.5 Å². The molecule has 5 heteroatoms. The lowest BCUT2D eigenvalue weighted by Gasteiger charge is -2.24. The van der Waals surface area contributed by atoms with E-state index in [1.807, 2.05) is 39.0 Å². The number of carbonyl (C=O) groups is 2. The number of hydrogen-bond donors (Lipinski definition) is 1. The van der Waals surface area contributed by atoms with Crippen molar-refractivity contribution in [2.45, 2.75) is 52.1 Å². The molecule has 1 N–H and O–H groups in total. The number of rotatable bonds is 5. The summed E-state index contributed by atoms with van der Waals surface area (Å²) in [5.74, 6) is -0.174. The minimum absolute atomic E-state index is 0.0143. The van der Waals surface area contributed by atoms with Gasteiger partial charge in [0.1, 0.15) is 6.04 Å². The fourth-order valence-electron chi connectivity index (χ4n) is 2.75. The lowest BCUT2D eigenvalue weighted by Crippen LogP contribution is -2.41. The normalized spacial score (nSPS) is 18.7. The zero-order chi connectivity index (χ0) is 15.6. The van der Waals surface area contributed by atoms with Gasteiger partial charge in [0.05, 0.1) is 6.42 Å². The van der Waals surface area contributed by atoms with Crippen molar-refractivity contribution in [3.05, 3.63) is 28.2 Å². The predicted molar refractivity (Wildman–Crippen MR) is 87.1 cm³/mol. The van der Waals surface area contributed by atoms with Crippen LogP contribution in [0.1, 0.15) is 38.7 Å². The molecule has 1 aliphatic rings. The van der Waals surface area contributed by atoms with Crippen molar-refractivity contribution in [2.24, 2.45) is 0 Å². The van der Waals surface area contributed by atoms with Crippen molar-refractivity contribution >= 4 is 33.4 Å². The molecule has 1 atom stereocenters. The molecular formula is C16H21BrN2O2. The quantitative estimate of drug-likeness (QED) is 0.825. The highest BCUT2D eigenvalue weighted by Gasteiger charge is 2.41. The van der Waals surface area contributed by atoms with E-state index in [1.54, 1.807) is 0 Å². The van der Waals surface area contributed by atoms with Crippen molar-refractivity contribution in [1.29, 1.82) is 0 Å². The summed E-state index contributed by atoms with van der Waals surface area (Å²) >= 11 is 3.48. The number of benzene rings is 1. The summed E-state index contributed by atoms with van der Waals surface area (Å²) in [5, 5.41) is 3.22. The number of anilines is 1. The molecule has 1 aromatic carbocycles. The van der Waals surface area contributed by atoms with E-state index >= 15 is 0 Å². The van der Waals surface area contributed by atoms with Gasteiger partial charge in [-0.25, -0.2) is 0 Å². The summed E-state index contributed by atoms with van der Waals surface area (Å²) in [4.78, 5) is 26.1. The van der Waals surface area contributed by atoms with Crippen molar-refractivity contribution < 1.29 is 9.59 Å². The van der Waals surface area contributed by atoms with Gasteiger partial charge in [-0.1, -0.05) is 35.8 Å². The standard InChI is InChI=1S/C16H21BrN2O2/c1-4-11(5-2)19-15(20)9-14(16(19)21)18-13-8-6-7-12(17)10(13)3/h6-8,11,14,18H,4-5,9H2,1-3H3. The number of nitrogens with one attached hydrogen (secondary N) is 1. The largest absolute Gasteiger partial charge is 0.373 e. The van der Waals surface area contributed by atoms with E-state index in [0.29, 0.717) is 0 Å². The van der Waals surface area contributed by atoms with Crippen molar-refractivity contribution in [3.8, 4) is 0 Å². The fourth-order valence-corrected chi connectivity index (χ4v) is 3.12. The van der Waals surface area contributed by atoms with Gasteiger partial charge in [-0.05, 0) is 37.5 Å². The Morgan fingerprint density at radius 3 is 2.62 bits per heavy atom. The summed E-state index contributed by atoms with van der Waals surface area (Å²) in [7, 11) is 0. The molecule has 0 saturated carbocycles. The zero-order valence-electron chi connectivity index (χ0n) is 12.6. The summed E-state index contributed by atoms with van der Waals surface area (Å²) in [6.45, 7) is 5.99. The fraction of sp³-hybridized carbons (Fsp3) is 0.500. The molecule has 1 fully saturated rings. The summed E-state index contributed by atoms with van der Waals surface area (Å²) < 4.78 is 0.987. The third-order valence-electron chi connectivity index (χ3n) is 4.09. The van der Waals surface area contributed by atoms with Crippen LogP contribution < -0.4 is 5.32 Å². The predicted octanol–water partition coefficient (Wildman–Crippen LogP) is 3.49. The minimum atomic E-state index is -0.453. The zero-order valence-corrected chi connectivity index (χ0v) is 14.2. The Hall–Kier alpha value is -1.36. The number of amides is 2. The molecule has 1 aromatic rings. The molecule has 2 rings (SSSR count). The Bertz CT molecular complexity index is 555. The van der Waals surface area contributed by atoms with Crippen LogP contribution in [0.15, 0.2) is 22.7 Å². The molecule has 0 spiro atoms. The van der Waals surface area contributed by atoms with E-state index < -0.39 is 6.04 Å². The van der Waals surface area contributed by atoms with Crippen LogP contribution in [0.5, 0.6) is 0 Å². The second-order valence-corrected chi connectivity index (χ2v) is 6.24. The van der Waals surface area contributed by atoms with Gasteiger partial charge < -0.3 is 5.32 Å². The van der Waals surface area contributed by atoms with Gasteiger partial charge in [0.2, 0.25) is 5.91 Å². The van der Waals surface area contributed by atoms with Crippen molar-refractivity contribution in [3.63, 3.8) is 0 Å². The first-order valence-electron chi connectivity index (χ1n) is 7.37. The Balaban J connectivity index is 2.18. The van der Waals surface area contributed by atoms with Gasteiger partial charge >= 0.3 is 0 Å². The van der Waals surface area contributed by atoms with Gasteiger partial charge in [0.25, 0.3) is 5.91 Å². The number of hydrogen-bond acceptors (Lipinski definition) is 3. The Kier molecular flexibility index (Phi) is 5.04. The smallest absolute Gasteiger partial charge is 0.252 e. The van der Waals surface area contributed by atoms with E-state index in [9.17, 15) is 9.59 Å². The first-order chi connectivity index (χ1) is 9.99. The second kappa shape index (κ2) is 6.60. The van der Waals surface area contributed by atoms with Crippen LogP contribution in [0.25, 0.3) is 0 Å². The molecule has 0 radical (unpaired) electrons. The molecule has 1 unspecified atom stereocenters. The van der Waals surface area contributed by atoms with Crippen molar-refractivity contribution in [2.75, 3.05) is 5.32 Å². The molecule has 1 heterocycles. The summed E-state index contributed by atoms with van der Waals surface area (Å²) in [6.07, 6.45) is 1.84. The molecule has 0 bridgehead atoms. The van der Waals surface area contributed by atoms with Crippen LogP contribution in [0.2, 0.25) is 0 Å². The molecule has 0 aromatic heterocycles. The maximum atomic E-state index is 12.5. The molecule has 1 aliphatic heterocycles. The summed E-state index contributed by atoms with van der Waals surface area (Å²) in [5.41, 5.74) is 1.93. The lowest BCUT2D eigenvalue weighted by molar-refractivity contribution is -0.141. The lowest BCUT2D eigenvalue weighted by atomic mass is 10.1. The topological polar surface area (TPSA) is 49.4 Å².